The minimum absolute atomic E-state index is 0.121. The molecule has 0 aliphatic heterocycles. The largest absolute Gasteiger partial charge is 0.330 e. The van der Waals surface area contributed by atoms with Crippen LogP contribution in [0.5, 0.6) is 0 Å². The minimum atomic E-state index is -0.213. The Kier molecular flexibility index (Phi) is 4.32. The van der Waals surface area contributed by atoms with E-state index in [1.807, 2.05) is 17.8 Å². The Hall–Kier alpha value is -1.68. The summed E-state index contributed by atoms with van der Waals surface area (Å²) in [7, 11) is 1.94. The zero-order valence-electron chi connectivity index (χ0n) is 11.4. The van der Waals surface area contributed by atoms with Gasteiger partial charge in [0, 0.05) is 18.7 Å². The molecule has 1 unspecified atom stereocenters. The van der Waals surface area contributed by atoms with Gasteiger partial charge in [0.2, 0.25) is 0 Å². The predicted octanol–water partition coefficient (Wildman–Crippen LogP) is 2.41. The highest BCUT2D eigenvalue weighted by Gasteiger charge is 2.14. The van der Waals surface area contributed by atoms with E-state index in [-0.39, 0.29) is 11.7 Å². The van der Waals surface area contributed by atoms with E-state index in [2.05, 4.69) is 18.1 Å². The first-order valence-electron chi connectivity index (χ1n) is 6.61. The first kappa shape index (κ1) is 13.7. The third-order valence-electron chi connectivity index (χ3n) is 3.45. The van der Waals surface area contributed by atoms with Crippen LogP contribution in [-0.2, 0) is 19.9 Å². The highest BCUT2D eigenvalue weighted by atomic mass is 19.1. The quantitative estimate of drug-likeness (QED) is 0.898. The molecule has 0 amide bonds. The Balaban J connectivity index is 2.21. The highest BCUT2D eigenvalue weighted by Crippen LogP contribution is 2.21. The van der Waals surface area contributed by atoms with Gasteiger partial charge in [0.05, 0.1) is 5.69 Å². The Morgan fingerprint density at radius 2 is 2.16 bits per heavy atom. The van der Waals surface area contributed by atoms with Crippen molar-refractivity contribution in [2.45, 2.75) is 25.7 Å². The van der Waals surface area contributed by atoms with Gasteiger partial charge in [0.25, 0.3) is 0 Å². The lowest BCUT2D eigenvalue weighted by Gasteiger charge is -2.15. The van der Waals surface area contributed by atoms with E-state index in [4.69, 9.17) is 5.73 Å². The molecule has 2 rings (SSSR count). The molecule has 0 aliphatic carbocycles. The van der Waals surface area contributed by atoms with Gasteiger partial charge < -0.3 is 5.73 Å². The van der Waals surface area contributed by atoms with Crippen molar-refractivity contribution in [3.8, 4) is 0 Å². The van der Waals surface area contributed by atoms with Crippen LogP contribution in [0.15, 0.2) is 30.3 Å². The molecule has 0 bridgehead atoms. The molecule has 0 saturated heterocycles. The van der Waals surface area contributed by atoms with Gasteiger partial charge in [0.1, 0.15) is 5.82 Å². The second-order valence-corrected chi connectivity index (χ2v) is 4.80. The smallest absolute Gasteiger partial charge is 0.123 e. The van der Waals surface area contributed by atoms with Gasteiger partial charge >= 0.3 is 0 Å². The van der Waals surface area contributed by atoms with Crippen LogP contribution in [0, 0.1) is 5.82 Å². The Bertz CT molecular complexity index is 548. The van der Waals surface area contributed by atoms with Crippen LogP contribution in [0.1, 0.15) is 29.8 Å². The van der Waals surface area contributed by atoms with Crippen LogP contribution in [0.2, 0.25) is 0 Å². The maximum absolute atomic E-state index is 13.3. The Morgan fingerprint density at radius 1 is 1.37 bits per heavy atom. The SMILES string of the molecule is CCc1cc(CC(CN)c2cccc(F)c2)n(C)n1. The van der Waals surface area contributed by atoms with E-state index < -0.39 is 0 Å². The van der Waals surface area contributed by atoms with Crippen molar-refractivity contribution in [1.29, 1.82) is 0 Å². The van der Waals surface area contributed by atoms with Gasteiger partial charge in [-0.2, -0.15) is 5.10 Å². The first-order valence-corrected chi connectivity index (χ1v) is 6.61. The Morgan fingerprint density at radius 3 is 2.74 bits per heavy atom. The molecule has 1 aromatic heterocycles. The second-order valence-electron chi connectivity index (χ2n) is 4.80. The standard InChI is InChI=1S/C15H20FN3/c1-3-14-9-15(19(2)18-14)8-12(10-17)11-5-4-6-13(16)7-11/h4-7,9,12H,3,8,10,17H2,1-2H3. The van der Waals surface area contributed by atoms with Crippen LogP contribution in [0.3, 0.4) is 0 Å². The summed E-state index contributed by atoms with van der Waals surface area (Å²) in [6.45, 7) is 2.58. The summed E-state index contributed by atoms with van der Waals surface area (Å²) < 4.78 is 15.2. The average Bonchev–Trinajstić information content (AvgIpc) is 2.76. The average molecular weight is 261 g/mol. The molecule has 19 heavy (non-hydrogen) atoms. The summed E-state index contributed by atoms with van der Waals surface area (Å²) >= 11 is 0. The number of aryl methyl sites for hydroxylation is 2. The van der Waals surface area contributed by atoms with E-state index in [9.17, 15) is 4.39 Å². The van der Waals surface area contributed by atoms with Crippen molar-refractivity contribution in [3.63, 3.8) is 0 Å². The third kappa shape index (κ3) is 3.20. The molecule has 0 radical (unpaired) electrons. The van der Waals surface area contributed by atoms with Crippen molar-refractivity contribution in [3.05, 3.63) is 53.1 Å². The maximum atomic E-state index is 13.3. The zero-order chi connectivity index (χ0) is 13.8. The monoisotopic (exact) mass is 261 g/mol. The van der Waals surface area contributed by atoms with Gasteiger partial charge in [-0.25, -0.2) is 4.39 Å². The molecule has 0 aliphatic rings. The van der Waals surface area contributed by atoms with Gasteiger partial charge in [-0.1, -0.05) is 19.1 Å². The molecule has 102 valence electrons. The minimum Gasteiger partial charge on any atom is -0.330 e. The lowest BCUT2D eigenvalue weighted by molar-refractivity contribution is 0.605. The number of benzene rings is 1. The van der Waals surface area contributed by atoms with Gasteiger partial charge in [-0.15, -0.1) is 0 Å². The fourth-order valence-electron chi connectivity index (χ4n) is 2.29. The van der Waals surface area contributed by atoms with Gasteiger partial charge in [-0.3, -0.25) is 4.68 Å². The summed E-state index contributed by atoms with van der Waals surface area (Å²) in [5, 5.41) is 4.43. The number of halogens is 1. The fourth-order valence-corrected chi connectivity index (χ4v) is 2.29. The summed E-state index contributed by atoms with van der Waals surface area (Å²) in [5.41, 5.74) is 9.00. The van der Waals surface area contributed by atoms with E-state index in [1.165, 1.54) is 6.07 Å². The highest BCUT2D eigenvalue weighted by molar-refractivity contribution is 5.24. The summed E-state index contributed by atoms with van der Waals surface area (Å²) in [4.78, 5) is 0. The number of hydrogen-bond acceptors (Lipinski definition) is 2. The molecule has 0 spiro atoms. The van der Waals surface area contributed by atoms with E-state index in [0.29, 0.717) is 6.54 Å². The van der Waals surface area contributed by atoms with Crippen molar-refractivity contribution in [2.75, 3.05) is 6.54 Å². The topological polar surface area (TPSA) is 43.8 Å². The van der Waals surface area contributed by atoms with Gasteiger partial charge in [0.15, 0.2) is 0 Å². The summed E-state index contributed by atoms with van der Waals surface area (Å²) in [6, 6.07) is 8.78. The fraction of sp³-hybridized carbons (Fsp3) is 0.400. The molecule has 3 nitrogen and oxygen atoms in total. The molecular weight excluding hydrogens is 241 g/mol. The number of nitrogens with two attached hydrogens (primary N) is 1. The van der Waals surface area contributed by atoms with Crippen LogP contribution in [-0.4, -0.2) is 16.3 Å². The van der Waals surface area contributed by atoms with E-state index in [1.54, 1.807) is 12.1 Å². The molecule has 2 aromatic rings. The van der Waals surface area contributed by atoms with Gasteiger partial charge in [-0.05, 0) is 43.1 Å². The van der Waals surface area contributed by atoms with Crippen LogP contribution in [0.4, 0.5) is 4.39 Å². The molecular formula is C15H20FN3. The molecule has 4 heteroatoms. The van der Waals surface area contributed by atoms with Crippen molar-refractivity contribution in [2.24, 2.45) is 12.8 Å². The van der Waals surface area contributed by atoms with Crippen molar-refractivity contribution in [1.82, 2.24) is 9.78 Å². The number of rotatable bonds is 5. The molecule has 1 aromatic carbocycles. The van der Waals surface area contributed by atoms with Crippen LogP contribution in [0.25, 0.3) is 0 Å². The van der Waals surface area contributed by atoms with E-state index in [0.717, 1.165) is 29.8 Å². The number of hydrogen-bond donors (Lipinski definition) is 1. The Labute approximate surface area is 113 Å². The third-order valence-corrected chi connectivity index (χ3v) is 3.45. The maximum Gasteiger partial charge on any atom is 0.123 e. The summed E-state index contributed by atoms with van der Waals surface area (Å²) in [6.07, 6.45) is 1.70. The molecule has 0 fully saturated rings. The number of nitrogens with zero attached hydrogens (tertiary/aromatic N) is 2. The normalized spacial score (nSPS) is 12.6. The van der Waals surface area contributed by atoms with Crippen LogP contribution >= 0.6 is 0 Å². The lowest BCUT2D eigenvalue weighted by atomic mass is 9.94. The van der Waals surface area contributed by atoms with E-state index >= 15 is 0 Å². The van der Waals surface area contributed by atoms with Crippen LogP contribution < -0.4 is 5.73 Å². The zero-order valence-corrected chi connectivity index (χ0v) is 11.4. The predicted molar refractivity (Wildman–Crippen MR) is 74.5 cm³/mol. The second kappa shape index (κ2) is 5.97. The molecule has 0 saturated carbocycles. The molecule has 1 atom stereocenters. The first-order chi connectivity index (χ1) is 9.13. The molecule has 1 heterocycles. The summed E-state index contributed by atoms with van der Waals surface area (Å²) in [5.74, 6) is -0.0917. The number of aromatic nitrogens is 2. The molecule has 2 N–H and O–H groups in total. The van der Waals surface area contributed by atoms with Crippen molar-refractivity contribution >= 4 is 0 Å². The lowest BCUT2D eigenvalue weighted by Crippen LogP contribution is -2.16. The van der Waals surface area contributed by atoms with Crippen molar-refractivity contribution < 1.29 is 4.39 Å².